The molecule has 0 N–H and O–H groups in total. The molecule has 1 fully saturated rings. The molecule has 26 heavy (non-hydrogen) atoms. The summed E-state index contributed by atoms with van der Waals surface area (Å²) in [6.07, 6.45) is 10.2. The number of methoxy groups -OCH3 is 1. The number of nitrogens with zero attached hydrogens (tertiary/aromatic N) is 8. The predicted octanol–water partition coefficient (Wildman–Crippen LogP) is 0.942. The summed E-state index contributed by atoms with van der Waals surface area (Å²) in [5.41, 5.74) is 1.81. The fraction of sp³-hybridized carbons (Fsp3) is 0.471. The largest absolute Gasteiger partial charge is 0.380 e. The zero-order valence-corrected chi connectivity index (χ0v) is 15.1. The van der Waals surface area contributed by atoms with Crippen LogP contribution in [0.5, 0.6) is 0 Å². The zero-order valence-electron chi connectivity index (χ0n) is 15.1. The minimum absolute atomic E-state index is 0.117. The second kappa shape index (κ2) is 6.93. The maximum atomic E-state index is 5.62. The first-order valence-electron chi connectivity index (χ1n) is 8.55. The van der Waals surface area contributed by atoms with Crippen LogP contribution in [0.4, 0.5) is 5.95 Å². The number of hydrogen-bond acceptors (Lipinski definition) is 8. The number of aromatic nitrogens is 6. The minimum Gasteiger partial charge on any atom is -0.380 e. The molecule has 1 aliphatic rings. The van der Waals surface area contributed by atoms with Crippen LogP contribution in [-0.4, -0.2) is 68.3 Å². The lowest BCUT2D eigenvalue weighted by Gasteiger charge is -2.22. The van der Waals surface area contributed by atoms with E-state index < -0.39 is 0 Å². The minimum atomic E-state index is 0.117. The number of hydrogen-bond donors (Lipinski definition) is 0. The summed E-state index contributed by atoms with van der Waals surface area (Å²) < 4.78 is 7.62. The van der Waals surface area contributed by atoms with Gasteiger partial charge in [0.25, 0.3) is 0 Å². The van der Waals surface area contributed by atoms with Gasteiger partial charge in [-0.2, -0.15) is 0 Å². The summed E-state index contributed by atoms with van der Waals surface area (Å²) in [5.74, 6) is 1.62. The van der Waals surface area contributed by atoms with Gasteiger partial charge in [0.1, 0.15) is 0 Å². The van der Waals surface area contributed by atoms with E-state index in [2.05, 4.69) is 30.0 Å². The highest BCUT2D eigenvalue weighted by Crippen LogP contribution is 2.33. The number of anilines is 1. The van der Waals surface area contributed by atoms with Crippen LogP contribution in [0.3, 0.4) is 0 Å². The van der Waals surface area contributed by atoms with Crippen molar-refractivity contribution in [1.82, 2.24) is 34.4 Å². The quantitative estimate of drug-likeness (QED) is 0.669. The number of rotatable bonds is 5. The topological polar surface area (TPSA) is 84.6 Å². The fourth-order valence-corrected chi connectivity index (χ4v) is 3.37. The Morgan fingerprint density at radius 1 is 1.19 bits per heavy atom. The molecule has 0 amide bonds. The third-order valence-corrected chi connectivity index (χ3v) is 4.71. The van der Waals surface area contributed by atoms with Gasteiger partial charge in [0.15, 0.2) is 11.5 Å². The fourth-order valence-electron chi connectivity index (χ4n) is 3.37. The van der Waals surface area contributed by atoms with Crippen molar-refractivity contribution < 1.29 is 4.74 Å². The van der Waals surface area contributed by atoms with Crippen molar-refractivity contribution in [2.45, 2.75) is 25.1 Å². The molecule has 3 aromatic heterocycles. The lowest BCUT2D eigenvalue weighted by molar-refractivity contribution is 0.107. The van der Waals surface area contributed by atoms with E-state index in [4.69, 9.17) is 4.74 Å². The molecule has 0 unspecified atom stereocenters. The van der Waals surface area contributed by atoms with E-state index >= 15 is 0 Å². The van der Waals surface area contributed by atoms with Crippen LogP contribution in [0.15, 0.2) is 31.0 Å². The first kappa shape index (κ1) is 16.8. The zero-order chi connectivity index (χ0) is 18.1. The lowest BCUT2D eigenvalue weighted by Crippen LogP contribution is -2.26. The average Bonchev–Trinajstić information content (AvgIpc) is 3.25. The van der Waals surface area contributed by atoms with Crippen LogP contribution in [0.2, 0.25) is 0 Å². The normalized spacial score (nSPS) is 20.7. The van der Waals surface area contributed by atoms with Crippen LogP contribution in [0.25, 0.3) is 5.65 Å². The third-order valence-electron chi connectivity index (χ3n) is 4.71. The van der Waals surface area contributed by atoms with Gasteiger partial charge in [0.2, 0.25) is 5.95 Å². The SMILES string of the molecule is CO[C@@H]1C[C@@H](c2nnc3cnccn23)N(Cc2cnc(N(C)C)nc2)C1. The maximum absolute atomic E-state index is 5.62. The predicted molar refractivity (Wildman–Crippen MR) is 95.7 cm³/mol. The van der Waals surface area contributed by atoms with Crippen LogP contribution in [0.1, 0.15) is 23.9 Å². The third kappa shape index (κ3) is 3.11. The molecule has 9 nitrogen and oxygen atoms in total. The van der Waals surface area contributed by atoms with E-state index in [1.54, 1.807) is 19.5 Å². The molecule has 0 bridgehead atoms. The Labute approximate surface area is 151 Å². The van der Waals surface area contributed by atoms with Crippen molar-refractivity contribution in [2.24, 2.45) is 0 Å². The van der Waals surface area contributed by atoms with Gasteiger partial charge in [-0.3, -0.25) is 14.3 Å². The Morgan fingerprint density at radius 3 is 2.73 bits per heavy atom. The Bertz CT molecular complexity index is 878. The van der Waals surface area contributed by atoms with Crippen molar-refractivity contribution in [3.8, 4) is 0 Å². The highest BCUT2D eigenvalue weighted by molar-refractivity contribution is 5.34. The molecule has 0 aromatic carbocycles. The highest BCUT2D eigenvalue weighted by atomic mass is 16.5. The van der Waals surface area contributed by atoms with E-state index in [9.17, 15) is 0 Å². The number of likely N-dealkylation sites (tertiary alicyclic amines) is 1. The summed E-state index contributed by atoms with van der Waals surface area (Å²) in [6, 6.07) is 0.117. The molecule has 3 aromatic rings. The Balaban J connectivity index is 1.60. The number of ether oxygens (including phenoxy) is 1. The van der Waals surface area contributed by atoms with Crippen molar-refractivity contribution in [1.29, 1.82) is 0 Å². The molecule has 136 valence electrons. The second-order valence-corrected chi connectivity index (χ2v) is 6.69. The number of fused-ring (bicyclic) bond motifs is 1. The summed E-state index contributed by atoms with van der Waals surface area (Å²) in [7, 11) is 5.62. The molecule has 0 spiro atoms. The van der Waals surface area contributed by atoms with Crippen LogP contribution in [-0.2, 0) is 11.3 Å². The smallest absolute Gasteiger partial charge is 0.224 e. The second-order valence-electron chi connectivity index (χ2n) is 6.69. The molecule has 1 saturated heterocycles. The first-order valence-corrected chi connectivity index (χ1v) is 8.55. The van der Waals surface area contributed by atoms with Crippen molar-refractivity contribution >= 4 is 11.6 Å². The summed E-state index contributed by atoms with van der Waals surface area (Å²) in [5, 5.41) is 8.65. The van der Waals surface area contributed by atoms with E-state index in [1.165, 1.54) is 0 Å². The van der Waals surface area contributed by atoms with Gasteiger partial charge in [0, 0.05) is 64.6 Å². The average molecular weight is 354 g/mol. The van der Waals surface area contributed by atoms with Crippen molar-refractivity contribution in [3.63, 3.8) is 0 Å². The molecule has 2 atom stereocenters. The van der Waals surface area contributed by atoms with Crippen LogP contribution < -0.4 is 4.90 Å². The van der Waals surface area contributed by atoms with Gasteiger partial charge in [0.05, 0.1) is 18.3 Å². The van der Waals surface area contributed by atoms with Crippen LogP contribution >= 0.6 is 0 Å². The van der Waals surface area contributed by atoms with Gasteiger partial charge in [-0.05, 0) is 6.42 Å². The molecule has 9 heteroatoms. The van der Waals surface area contributed by atoms with Crippen LogP contribution in [0, 0.1) is 0 Å². The summed E-state index contributed by atoms with van der Waals surface area (Å²) in [6.45, 7) is 1.56. The van der Waals surface area contributed by atoms with Gasteiger partial charge >= 0.3 is 0 Å². The monoisotopic (exact) mass is 354 g/mol. The highest BCUT2D eigenvalue weighted by Gasteiger charge is 2.36. The summed E-state index contributed by atoms with van der Waals surface area (Å²) >= 11 is 0. The van der Waals surface area contributed by atoms with E-state index in [-0.39, 0.29) is 12.1 Å². The molecule has 1 aliphatic heterocycles. The molecule has 0 aliphatic carbocycles. The standard InChI is InChI=1S/C17H22N8O/c1-23(2)17-19-7-12(8-20-17)10-24-11-13(26-3)6-14(24)16-22-21-15-9-18-4-5-25(15)16/h4-5,7-9,13-14H,6,10-11H2,1-3H3/t13-,14+/m1/s1. The van der Waals surface area contributed by atoms with E-state index in [0.717, 1.165) is 36.5 Å². The molecular formula is C17H22N8O. The molecular weight excluding hydrogens is 332 g/mol. The van der Waals surface area contributed by atoms with Gasteiger partial charge < -0.3 is 9.64 Å². The Hall–Kier alpha value is -2.65. The van der Waals surface area contributed by atoms with Crippen molar-refractivity contribution in [3.05, 3.63) is 42.4 Å². The van der Waals surface area contributed by atoms with Gasteiger partial charge in [-0.1, -0.05) is 0 Å². The van der Waals surface area contributed by atoms with E-state index in [0.29, 0.717) is 5.95 Å². The van der Waals surface area contributed by atoms with E-state index in [1.807, 2.05) is 42.0 Å². The molecule has 4 heterocycles. The first-order chi connectivity index (χ1) is 12.7. The van der Waals surface area contributed by atoms with Gasteiger partial charge in [-0.25, -0.2) is 9.97 Å². The Kier molecular flexibility index (Phi) is 4.48. The van der Waals surface area contributed by atoms with Crippen molar-refractivity contribution in [2.75, 3.05) is 32.6 Å². The molecule has 4 rings (SSSR count). The Morgan fingerprint density at radius 2 is 2.00 bits per heavy atom. The molecule has 0 radical (unpaired) electrons. The van der Waals surface area contributed by atoms with Gasteiger partial charge in [-0.15, -0.1) is 10.2 Å². The lowest BCUT2D eigenvalue weighted by atomic mass is 10.2. The summed E-state index contributed by atoms with van der Waals surface area (Å²) in [4.78, 5) is 17.2. The molecule has 0 saturated carbocycles. The maximum Gasteiger partial charge on any atom is 0.224 e.